The Morgan fingerprint density at radius 1 is 1.31 bits per heavy atom. The number of carbonyl (C=O) groups excluding carboxylic acids is 1. The maximum atomic E-state index is 11.6. The second kappa shape index (κ2) is 6.25. The van der Waals surface area contributed by atoms with Gasteiger partial charge < -0.3 is 0 Å². The zero-order valence-electron chi connectivity index (χ0n) is 9.26. The van der Waals surface area contributed by atoms with E-state index in [1.54, 1.807) is 0 Å². The Kier molecular flexibility index (Phi) is 6.13. The van der Waals surface area contributed by atoms with E-state index in [1.807, 2.05) is 6.92 Å². The van der Waals surface area contributed by atoms with Gasteiger partial charge in [0.15, 0.2) is 0 Å². The van der Waals surface area contributed by atoms with Gasteiger partial charge in [-0.3, -0.25) is 4.79 Å². The van der Waals surface area contributed by atoms with Crippen molar-refractivity contribution in [3.05, 3.63) is 11.6 Å². The third-order valence-corrected chi connectivity index (χ3v) is 2.43. The van der Waals surface area contributed by atoms with Gasteiger partial charge in [0.1, 0.15) is 0 Å². The fourth-order valence-corrected chi connectivity index (χ4v) is 1.80. The highest BCUT2D eigenvalue weighted by molar-refractivity contribution is 8.14. The minimum absolute atomic E-state index is 0.242. The molecule has 0 rings (SSSR count). The van der Waals surface area contributed by atoms with Crippen LogP contribution in [0.3, 0.4) is 0 Å². The maximum absolute atomic E-state index is 11.6. The monoisotopic (exact) mass is 200 g/mol. The predicted octanol–water partition coefficient (Wildman–Crippen LogP) is 3.50. The smallest absolute Gasteiger partial charge is 0.215 e. The molecular weight excluding hydrogens is 180 g/mol. The molecule has 0 bridgehead atoms. The molecule has 0 N–H and O–H groups in total. The molecule has 0 spiro atoms. The van der Waals surface area contributed by atoms with Gasteiger partial charge in [-0.2, -0.15) is 0 Å². The summed E-state index contributed by atoms with van der Waals surface area (Å²) in [6.45, 7) is 10.4. The van der Waals surface area contributed by atoms with Crippen molar-refractivity contribution in [2.75, 3.05) is 5.75 Å². The van der Waals surface area contributed by atoms with E-state index in [0.717, 1.165) is 11.3 Å². The van der Waals surface area contributed by atoms with Crippen LogP contribution < -0.4 is 0 Å². The number of thioether (sulfide) groups is 1. The van der Waals surface area contributed by atoms with Crippen molar-refractivity contribution in [1.82, 2.24) is 0 Å². The normalized spacial score (nSPS) is 12.7. The summed E-state index contributed by atoms with van der Waals surface area (Å²) in [5.41, 5.74) is 0.974. The molecule has 0 fully saturated rings. The average Bonchev–Trinajstić information content (AvgIpc) is 1.99. The van der Waals surface area contributed by atoms with Crippen LogP contribution in [0.25, 0.3) is 0 Å². The number of hydrogen-bond donors (Lipinski definition) is 0. The molecule has 0 aliphatic heterocycles. The van der Waals surface area contributed by atoms with Crippen LogP contribution in [0.2, 0.25) is 0 Å². The van der Waals surface area contributed by atoms with E-state index < -0.39 is 0 Å². The lowest BCUT2D eigenvalue weighted by Gasteiger charge is -2.10. The summed E-state index contributed by atoms with van der Waals surface area (Å²) >= 11 is 1.40. The second-order valence-corrected chi connectivity index (χ2v) is 4.98. The molecule has 0 unspecified atom stereocenters. The van der Waals surface area contributed by atoms with Gasteiger partial charge in [0.05, 0.1) is 0 Å². The van der Waals surface area contributed by atoms with E-state index in [9.17, 15) is 4.79 Å². The zero-order valence-corrected chi connectivity index (χ0v) is 10.1. The molecule has 2 heteroatoms. The largest absolute Gasteiger partial charge is 0.282 e. The van der Waals surface area contributed by atoms with Crippen molar-refractivity contribution in [2.24, 2.45) is 11.8 Å². The molecule has 0 aliphatic carbocycles. The first-order chi connectivity index (χ1) is 5.99. The van der Waals surface area contributed by atoms with Crippen LogP contribution in [0.4, 0.5) is 0 Å². The molecule has 0 amide bonds. The van der Waals surface area contributed by atoms with Gasteiger partial charge in [0, 0.05) is 5.57 Å². The summed E-state index contributed by atoms with van der Waals surface area (Å²) in [6.07, 6.45) is 2.08. The standard InChI is InChI=1S/C11H20OS/c1-6-13-11(12)10(9(4)5)7-8(2)3/h7-9H,6H2,1-5H3/b10-7+. The number of hydrogen-bond acceptors (Lipinski definition) is 2. The van der Waals surface area contributed by atoms with Crippen molar-refractivity contribution < 1.29 is 4.79 Å². The molecule has 0 radical (unpaired) electrons. The van der Waals surface area contributed by atoms with Crippen LogP contribution in [0.1, 0.15) is 34.6 Å². The highest BCUT2D eigenvalue weighted by atomic mass is 32.2. The molecule has 0 aliphatic rings. The molecule has 76 valence electrons. The number of allylic oxidation sites excluding steroid dienone is 1. The van der Waals surface area contributed by atoms with Crippen molar-refractivity contribution in [2.45, 2.75) is 34.6 Å². The van der Waals surface area contributed by atoms with Crippen molar-refractivity contribution in [1.29, 1.82) is 0 Å². The average molecular weight is 200 g/mol. The van der Waals surface area contributed by atoms with Crippen LogP contribution in [-0.4, -0.2) is 10.9 Å². The molecule has 0 aromatic rings. The molecule has 0 saturated carbocycles. The van der Waals surface area contributed by atoms with Crippen LogP contribution in [0, 0.1) is 11.8 Å². The van der Waals surface area contributed by atoms with Gasteiger partial charge in [-0.05, 0) is 17.6 Å². The van der Waals surface area contributed by atoms with Gasteiger partial charge in [0.25, 0.3) is 0 Å². The molecule has 0 aromatic heterocycles. The molecule has 0 saturated heterocycles. The lowest BCUT2D eigenvalue weighted by molar-refractivity contribution is -0.108. The van der Waals surface area contributed by atoms with Crippen LogP contribution in [0.15, 0.2) is 11.6 Å². The summed E-state index contributed by atoms with van der Waals surface area (Å²) in [7, 11) is 0. The maximum Gasteiger partial charge on any atom is 0.215 e. The number of rotatable bonds is 4. The summed E-state index contributed by atoms with van der Waals surface area (Å²) < 4.78 is 0. The molecular formula is C11H20OS. The Morgan fingerprint density at radius 2 is 1.85 bits per heavy atom. The SMILES string of the molecule is CCSC(=O)/C(=C/C(C)C)C(C)C. The highest BCUT2D eigenvalue weighted by Crippen LogP contribution is 2.19. The van der Waals surface area contributed by atoms with Gasteiger partial charge in [-0.15, -0.1) is 0 Å². The van der Waals surface area contributed by atoms with E-state index in [-0.39, 0.29) is 5.12 Å². The molecule has 0 atom stereocenters. The Bertz CT molecular complexity index is 192. The predicted molar refractivity (Wildman–Crippen MR) is 60.9 cm³/mol. The van der Waals surface area contributed by atoms with Gasteiger partial charge in [-0.1, -0.05) is 52.5 Å². The van der Waals surface area contributed by atoms with Crippen molar-refractivity contribution in [3.8, 4) is 0 Å². The number of carbonyl (C=O) groups is 1. The fraction of sp³-hybridized carbons (Fsp3) is 0.727. The first-order valence-electron chi connectivity index (χ1n) is 4.87. The van der Waals surface area contributed by atoms with E-state index in [1.165, 1.54) is 11.8 Å². The Hall–Kier alpha value is -0.240. The van der Waals surface area contributed by atoms with E-state index in [4.69, 9.17) is 0 Å². The summed E-state index contributed by atoms with van der Waals surface area (Å²) in [5, 5.41) is 0.242. The molecule has 0 heterocycles. The minimum Gasteiger partial charge on any atom is -0.282 e. The lowest BCUT2D eigenvalue weighted by Crippen LogP contribution is -2.06. The topological polar surface area (TPSA) is 17.1 Å². The van der Waals surface area contributed by atoms with Gasteiger partial charge >= 0.3 is 0 Å². The second-order valence-electron chi connectivity index (χ2n) is 3.74. The molecule has 13 heavy (non-hydrogen) atoms. The Balaban J connectivity index is 4.51. The summed E-state index contributed by atoms with van der Waals surface area (Å²) in [6, 6.07) is 0. The van der Waals surface area contributed by atoms with Gasteiger partial charge in [-0.25, -0.2) is 0 Å². The quantitative estimate of drug-likeness (QED) is 0.646. The van der Waals surface area contributed by atoms with E-state index in [0.29, 0.717) is 11.8 Å². The van der Waals surface area contributed by atoms with E-state index in [2.05, 4.69) is 33.8 Å². The van der Waals surface area contributed by atoms with Crippen LogP contribution >= 0.6 is 11.8 Å². The molecule has 0 aromatic carbocycles. The lowest BCUT2D eigenvalue weighted by atomic mass is 10.0. The van der Waals surface area contributed by atoms with Gasteiger partial charge in [0.2, 0.25) is 5.12 Å². The molecule has 1 nitrogen and oxygen atoms in total. The Labute approximate surface area is 86.0 Å². The van der Waals surface area contributed by atoms with Crippen molar-refractivity contribution in [3.63, 3.8) is 0 Å². The van der Waals surface area contributed by atoms with Crippen LogP contribution in [-0.2, 0) is 4.79 Å². The fourth-order valence-electron chi connectivity index (χ4n) is 1.07. The zero-order chi connectivity index (χ0) is 10.4. The third kappa shape index (κ3) is 5.14. The minimum atomic E-state index is 0.242. The van der Waals surface area contributed by atoms with Crippen LogP contribution in [0.5, 0.6) is 0 Å². The summed E-state index contributed by atoms with van der Waals surface area (Å²) in [4.78, 5) is 11.6. The van der Waals surface area contributed by atoms with Crippen molar-refractivity contribution >= 4 is 16.9 Å². The highest BCUT2D eigenvalue weighted by Gasteiger charge is 2.13. The first-order valence-corrected chi connectivity index (χ1v) is 5.86. The third-order valence-electron chi connectivity index (χ3n) is 1.65. The Morgan fingerprint density at radius 3 is 2.15 bits per heavy atom. The summed E-state index contributed by atoms with van der Waals surface area (Å²) in [5.74, 6) is 1.66. The first kappa shape index (κ1) is 12.8. The van der Waals surface area contributed by atoms with E-state index >= 15 is 0 Å².